The lowest BCUT2D eigenvalue weighted by Gasteiger charge is -2.15. The third-order valence-electron chi connectivity index (χ3n) is 3.21. The average molecular weight is 267 g/mol. The van der Waals surface area contributed by atoms with Crippen LogP contribution in [0.2, 0.25) is 0 Å². The Morgan fingerprint density at radius 2 is 1.67 bits per heavy atom. The summed E-state index contributed by atoms with van der Waals surface area (Å²) in [5.74, 6) is 0. The molecule has 1 rings (SSSR count). The number of aryl methyl sites for hydroxylation is 2. The van der Waals surface area contributed by atoms with E-state index in [0.29, 0.717) is 17.9 Å². The SMILES string of the molecule is C=CCCNS(=O)(=O)c1c(C)c(C)cc(C)c1C. The molecule has 0 aromatic heterocycles. The normalized spacial score (nSPS) is 11.6. The molecule has 1 N–H and O–H groups in total. The molecular weight excluding hydrogens is 246 g/mol. The van der Waals surface area contributed by atoms with E-state index in [9.17, 15) is 8.42 Å². The lowest BCUT2D eigenvalue weighted by molar-refractivity contribution is 0.580. The van der Waals surface area contributed by atoms with Gasteiger partial charge in [-0.15, -0.1) is 6.58 Å². The van der Waals surface area contributed by atoms with Gasteiger partial charge in [-0.1, -0.05) is 12.1 Å². The van der Waals surface area contributed by atoms with Gasteiger partial charge in [0.1, 0.15) is 0 Å². The molecule has 0 saturated carbocycles. The van der Waals surface area contributed by atoms with Gasteiger partial charge < -0.3 is 0 Å². The number of nitrogens with one attached hydrogen (secondary N) is 1. The summed E-state index contributed by atoms with van der Waals surface area (Å²) in [4.78, 5) is 0.420. The molecule has 0 heterocycles. The summed E-state index contributed by atoms with van der Waals surface area (Å²) in [6.07, 6.45) is 2.33. The molecule has 0 atom stereocenters. The molecule has 0 aliphatic rings. The number of rotatable bonds is 5. The van der Waals surface area contributed by atoms with Crippen molar-refractivity contribution >= 4 is 10.0 Å². The van der Waals surface area contributed by atoms with Gasteiger partial charge in [-0.3, -0.25) is 0 Å². The zero-order valence-electron chi connectivity index (χ0n) is 11.5. The molecule has 0 unspecified atom stereocenters. The number of hydrogen-bond acceptors (Lipinski definition) is 2. The summed E-state index contributed by atoms with van der Waals surface area (Å²) < 4.78 is 27.2. The van der Waals surface area contributed by atoms with E-state index in [2.05, 4.69) is 11.3 Å². The highest BCUT2D eigenvalue weighted by atomic mass is 32.2. The first kappa shape index (κ1) is 14.9. The average Bonchev–Trinajstić information content (AvgIpc) is 2.26. The first-order chi connectivity index (χ1) is 8.31. The Hall–Kier alpha value is -1.13. The number of benzene rings is 1. The van der Waals surface area contributed by atoms with Crippen LogP contribution in [0.1, 0.15) is 28.7 Å². The summed E-state index contributed by atoms with van der Waals surface area (Å²) in [5.41, 5.74) is 3.65. The van der Waals surface area contributed by atoms with E-state index < -0.39 is 10.0 Å². The van der Waals surface area contributed by atoms with Crippen molar-refractivity contribution in [2.24, 2.45) is 0 Å². The molecule has 0 radical (unpaired) electrons. The lowest BCUT2D eigenvalue weighted by Crippen LogP contribution is -2.26. The highest BCUT2D eigenvalue weighted by Crippen LogP contribution is 2.25. The second kappa shape index (κ2) is 5.67. The minimum absolute atomic E-state index is 0.387. The van der Waals surface area contributed by atoms with Crippen LogP contribution in [0.4, 0.5) is 0 Å². The largest absolute Gasteiger partial charge is 0.241 e. The van der Waals surface area contributed by atoms with Crippen molar-refractivity contribution in [2.45, 2.75) is 39.0 Å². The molecular formula is C14H21NO2S. The van der Waals surface area contributed by atoms with Crippen LogP contribution < -0.4 is 4.72 Å². The zero-order valence-corrected chi connectivity index (χ0v) is 12.3. The molecule has 1 aromatic carbocycles. The predicted molar refractivity (Wildman–Crippen MR) is 75.4 cm³/mol. The molecule has 18 heavy (non-hydrogen) atoms. The minimum atomic E-state index is -3.44. The van der Waals surface area contributed by atoms with Crippen molar-refractivity contribution < 1.29 is 8.42 Å². The van der Waals surface area contributed by atoms with E-state index >= 15 is 0 Å². The monoisotopic (exact) mass is 267 g/mol. The van der Waals surface area contributed by atoms with Crippen LogP contribution in [0.3, 0.4) is 0 Å². The Morgan fingerprint density at radius 1 is 1.17 bits per heavy atom. The fourth-order valence-corrected chi connectivity index (χ4v) is 3.61. The van der Waals surface area contributed by atoms with Crippen molar-refractivity contribution in [3.05, 3.63) is 41.0 Å². The highest BCUT2D eigenvalue weighted by Gasteiger charge is 2.21. The zero-order chi connectivity index (χ0) is 13.9. The van der Waals surface area contributed by atoms with Gasteiger partial charge in [-0.25, -0.2) is 13.1 Å². The van der Waals surface area contributed by atoms with Gasteiger partial charge >= 0.3 is 0 Å². The lowest BCUT2D eigenvalue weighted by atomic mass is 10.0. The van der Waals surface area contributed by atoms with E-state index in [0.717, 1.165) is 22.3 Å². The van der Waals surface area contributed by atoms with Crippen LogP contribution in [0, 0.1) is 27.7 Å². The second-order valence-corrected chi connectivity index (χ2v) is 6.27. The maximum atomic E-state index is 12.3. The number of sulfonamides is 1. The summed E-state index contributed by atoms with van der Waals surface area (Å²) in [6, 6.07) is 2.02. The molecule has 0 amide bonds. The first-order valence-corrected chi connectivity index (χ1v) is 7.47. The van der Waals surface area contributed by atoms with E-state index in [1.165, 1.54) is 0 Å². The van der Waals surface area contributed by atoms with Crippen molar-refractivity contribution in [3.63, 3.8) is 0 Å². The molecule has 0 saturated heterocycles. The van der Waals surface area contributed by atoms with E-state index in [-0.39, 0.29) is 0 Å². The van der Waals surface area contributed by atoms with E-state index in [1.807, 2.05) is 33.8 Å². The topological polar surface area (TPSA) is 46.2 Å². The van der Waals surface area contributed by atoms with Crippen molar-refractivity contribution in [3.8, 4) is 0 Å². The Morgan fingerprint density at radius 3 is 2.11 bits per heavy atom. The maximum Gasteiger partial charge on any atom is 0.241 e. The molecule has 3 nitrogen and oxygen atoms in total. The third-order valence-corrected chi connectivity index (χ3v) is 4.94. The standard InChI is InChI=1S/C14H21NO2S/c1-6-7-8-15-18(16,17)14-12(4)10(2)9-11(3)13(14)5/h6,9,15H,1,7-8H2,2-5H3. The Kier molecular flexibility index (Phi) is 4.71. The predicted octanol–water partition coefficient (Wildman–Crippen LogP) is 2.77. The number of hydrogen-bond donors (Lipinski definition) is 1. The van der Waals surface area contributed by atoms with Gasteiger partial charge in [0.05, 0.1) is 4.90 Å². The fourth-order valence-electron chi connectivity index (χ4n) is 1.95. The van der Waals surface area contributed by atoms with Gasteiger partial charge in [0.2, 0.25) is 10.0 Å². The summed E-state index contributed by atoms with van der Waals surface area (Å²) in [6.45, 7) is 11.5. The first-order valence-electron chi connectivity index (χ1n) is 5.99. The molecule has 0 aliphatic heterocycles. The van der Waals surface area contributed by atoms with Gasteiger partial charge in [0.25, 0.3) is 0 Å². The second-order valence-electron chi connectivity index (χ2n) is 4.56. The van der Waals surface area contributed by atoms with Crippen LogP contribution in [0.25, 0.3) is 0 Å². The van der Waals surface area contributed by atoms with Gasteiger partial charge in [-0.2, -0.15) is 0 Å². The summed E-state index contributed by atoms with van der Waals surface area (Å²) >= 11 is 0. The molecule has 0 aliphatic carbocycles. The summed E-state index contributed by atoms with van der Waals surface area (Å²) in [5, 5.41) is 0. The Bertz CT molecular complexity index is 533. The minimum Gasteiger partial charge on any atom is -0.211 e. The quantitative estimate of drug-likeness (QED) is 0.658. The molecule has 100 valence electrons. The van der Waals surface area contributed by atoms with Crippen LogP contribution in [0.15, 0.2) is 23.6 Å². The van der Waals surface area contributed by atoms with Crippen LogP contribution >= 0.6 is 0 Å². The Labute approximate surface area is 110 Å². The van der Waals surface area contributed by atoms with Crippen molar-refractivity contribution in [1.82, 2.24) is 4.72 Å². The van der Waals surface area contributed by atoms with Crippen LogP contribution in [-0.4, -0.2) is 15.0 Å². The van der Waals surface area contributed by atoms with Crippen molar-refractivity contribution in [2.75, 3.05) is 6.54 Å². The third kappa shape index (κ3) is 3.00. The smallest absolute Gasteiger partial charge is 0.211 e. The van der Waals surface area contributed by atoms with Gasteiger partial charge in [-0.05, 0) is 56.4 Å². The van der Waals surface area contributed by atoms with Gasteiger partial charge in [0, 0.05) is 6.54 Å². The summed E-state index contributed by atoms with van der Waals surface area (Å²) in [7, 11) is -3.44. The van der Waals surface area contributed by atoms with E-state index in [1.54, 1.807) is 6.08 Å². The van der Waals surface area contributed by atoms with Crippen LogP contribution in [0.5, 0.6) is 0 Å². The Balaban J connectivity index is 3.28. The molecule has 1 aromatic rings. The molecule has 0 bridgehead atoms. The highest BCUT2D eigenvalue weighted by molar-refractivity contribution is 7.89. The maximum absolute atomic E-state index is 12.3. The van der Waals surface area contributed by atoms with Gasteiger partial charge in [0.15, 0.2) is 0 Å². The van der Waals surface area contributed by atoms with Crippen LogP contribution in [-0.2, 0) is 10.0 Å². The molecule has 4 heteroatoms. The molecule has 0 spiro atoms. The fraction of sp³-hybridized carbons (Fsp3) is 0.429. The molecule has 0 fully saturated rings. The van der Waals surface area contributed by atoms with Crippen molar-refractivity contribution in [1.29, 1.82) is 0 Å². The van der Waals surface area contributed by atoms with E-state index in [4.69, 9.17) is 0 Å².